The zero-order chi connectivity index (χ0) is 14.8. The Morgan fingerprint density at radius 2 is 1.76 bits per heavy atom. The molecule has 5 heteroatoms. The molecule has 21 heavy (non-hydrogen) atoms. The predicted molar refractivity (Wildman–Crippen MR) is 71.7 cm³/mol. The molecule has 0 bridgehead atoms. The summed E-state index contributed by atoms with van der Waals surface area (Å²) in [4.78, 5) is 11.1. The van der Waals surface area contributed by atoms with Gasteiger partial charge in [0.15, 0.2) is 0 Å². The number of carbonyl (C=O) groups excluding carboxylic acids is 1. The molecule has 0 heterocycles. The molecule has 0 unspecified atom stereocenters. The van der Waals surface area contributed by atoms with Crippen LogP contribution in [0.4, 0.5) is 4.79 Å². The van der Waals surface area contributed by atoms with Gasteiger partial charge in [0, 0.05) is 17.1 Å². The predicted octanol–water partition coefficient (Wildman–Crippen LogP) is 2.07. The number of hydrogen-bond acceptors (Lipinski definition) is 3. The van der Waals surface area contributed by atoms with Crippen molar-refractivity contribution in [3.8, 4) is 0 Å². The molecule has 0 aliphatic heterocycles. The molecule has 0 aliphatic carbocycles. The molecule has 0 saturated carbocycles. The molecule has 2 rings (SSSR count). The zero-order valence-electron chi connectivity index (χ0n) is 11.8. The van der Waals surface area contributed by atoms with Gasteiger partial charge in [0.1, 0.15) is 5.60 Å². The van der Waals surface area contributed by atoms with Crippen LogP contribution >= 0.6 is 0 Å². The van der Waals surface area contributed by atoms with Crippen molar-refractivity contribution in [2.75, 3.05) is 0 Å². The van der Waals surface area contributed by atoms with Crippen LogP contribution in [0, 0.1) is 48.5 Å². The third-order valence-corrected chi connectivity index (χ3v) is 1.56. The Labute approximate surface area is 136 Å². The van der Waals surface area contributed by atoms with Crippen LogP contribution in [-0.4, -0.2) is 17.9 Å². The first-order valence-corrected chi connectivity index (χ1v) is 5.71. The number of rotatable bonds is 2. The van der Waals surface area contributed by atoms with E-state index in [2.05, 4.69) is 59.1 Å². The van der Waals surface area contributed by atoms with E-state index in [4.69, 9.17) is 4.74 Å². The summed E-state index contributed by atoms with van der Waals surface area (Å²) >= 11 is 0. The van der Waals surface area contributed by atoms with Crippen molar-refractivity contribution in [1.82, 2.24) is 5.43 Å². The van der Waals surface area contributed by atoms with Crippen LogP contribution in [0.25, 0.3) is 0 Å². The fourth-order valence-electron chi connectivity index (χ4n) is 0.924. The van der Waals surface area contributed by atoms with Crippen molar-refractivity contribution < 1.29 is 26.6 Å². The third-order valence-electron chi connectivity index (χ3n) is 1.56. The first-order chi connectivity index (χ1) is 9.47. The molecular weight excluding hydrogens is 308 g/mol. The number of nitrogens with zero attached hydrogens (tertiary/aromatic N) is 1. The minimum absolute atomic E-state index is 0. The number of amides is 1. The molecule has 1 amide bonds. The Morgan fingerprint density at radius 3 is 2.19 bits per heavy atom. The van der Waals surface area contributed by atoms with Gasteiger partial charge in [-0.2, -0.15) is 0 Å². The standard InChI is InChI=1S/C11H11N2O2.C5H.Fe/c1-11(2,3)15-10(14)13-12-8-9-6-4-5-7-9;1-2-4-5-3-1;/h8H,1-3H3,(H,13,14);1H;/q2*-5;/b12-8-;;. The number of hydrogen-bond donors (Lipinski definition) is 1. The van der Waals surface area contributed by atoms with Crippen LogP contribution in [0.1, 0.15) is 26.3 Å². The van der Waals surface area contributed by atoms with Gasteiger partial charge >= 0.3 is 6.09 Å². The first-order valence-electron chi connectivity index (χ1n) is 5.71. The van der Waals surface area contributed by atoms with E-state index >= 15 is 0 Å². The van der Waals surface area contributed by atoms with E-state index in [0.717, 1.165) is 0 Å². The molecule has 1 N–H and O–H groups in total. The van der Waals surface area contributed by atoms with E-state index in [-0.39, 0.29) is 17.1 Å². The summed E-state index contributed by atoms with van der Waals surface area (Å²) < 4.78 is 4.96. The second-order valence-electron chi connectivity index (χ2n) is 4.47. The summed E-state index contributed by atoms with van der Waals surface area (Å²) in [5.41, 5.74) is 2.26. The van der Waals surface area contributed by atoms with Gasteiger partial charge in [0.25, 0.3) is 0 Å². The van der Waals surface area contributed by atoms with E-state index in [1.807, 2.05) is 0 Å². The number of nitrogens with one attached hydrogen (secondary N) is 1. The van der Waals surface area contributed by atoms with Crippen molar-refractivity contribution in [3.05, 3.63) is 60.2 Å². The molecule has 4 nitrogen and oxygen atoms in total. The van der Waals surface area contributed by atoms with Crippen molar-refractivity contribution >= 4 is 12.3 Å². The summed E-state index contributed by atoms with van der Waals surface area (Å²) in [6.45, 7) is 5.33. The number of ether oxygens (including phenoxy) is 1. The van der Waals surface area contributed by atoms with E-state index in [9.17, 15) is 4.79 Å². The summed E-state index contributed by atoms with van der Waals surface area (Å²) in [5.74, 6) is 0. The number of carbonyl (C=O) groups is 1. The minimum atomic E-state index is -0.599. The second-order valence-corrected chi connectivity index (χ2v) is 4.47. The van der Waals surface area contributed by atoms with Crippen LogP contribution in [0.15, 0.2) is 11.2 Å². The maximum absolute atomic E-state index is 11.1. The smallest absolute Gasteiger partial charge is 0.426 e. The second kappa shape index (κ2) is 9.97. The van der Waals surface area contributed by atoms with Gasteiger partial charge in [-0.3, -0.25) is 0 Å². The Kier molecular flexibility index (Phi) is 9.10. The van der Waals surface area contributed by atoms with Crippen LogP contribution in [0.2, 0.25) is 0 Å². The van der Waals surface area contributed by atoms with Gasteiger partial charge in [0.2, 0.25) is 0 Å². The van der Waals surface area contributed by atoms with Gasteiger partial charge in [-0.15, -0.1) is 0 Å². The molecule has 2 aromatic rings. The first kappa shape index (κ1) is 19.2. The maximum Gasteiger partial charge on any atom is 0.426 e. The summed E-state index contributed by atoms with van der Waals surface area (Å²) in [6, 6.07) is 22.5. The molecule has 0 atom stereocenters. The Balaban J connectivity index is 0.000000562. The van der Waals surface area contributed by atoms with Gasteiger partial charge in [-0.1, -0.05) is 0 Å². The fraction of sp³-hybridized carbons (Fsp3) is 0.250. The largest absolute Gasteiger partial charge is 0.999 e. The minimum Gasteiger partial charge on any atom is -0.999 e. The maximum atomic E-state index is 11.1. The molecule has 0 fully saturated rings. The van der Waals surface area contributed by atoms with Crippen LogP contribution in [0.3, 0.4) is 0 Å². The van der Waals surface area contributed by atoms with Crippen molar-refractivity contribution in [3.63, 3.8) is 0 Å². The monoisotopic (exact) mass is 320 g/mol. The molecule has 116 valence electrons. The molecule has 0 aromatic heterocycles. The quantitative estimate of drug-likeness (QED) is 0.399. The summed E-state index contributed by atoms with van der Waals surface area (Å²) in [5, 5.41) is 3.65. The van der Waals surface area contributed by atoms with Crippen molar-refractivity contribution in [2.45, 2.75) is 26.4 Å². The number of hydrazone groups is 1. The normalized spacial score (nSPS) is 10.2. The summed E-state index contributed by atoms with van der Waals surface area (Å²) in [7, 11) is 0. The Morgan fingerprint density at radius 1 is 1.19 bits per heavy atom. The van der Waals surface area contributed by atoms with Crippen LogP contribution in [-0.2, 0) is 21.8 Å². The molecular formula is C16H12FeN2O2-10. The van der Waals surface area contributed by atoms with E-state index in [1.165, 1.54) is 6.21 Å². The van der Waals surface area contributed by atoms with Crippen molar-refractivity contribution in [1.29, 1.82) is 0 Å². The third kappa shape index (κ3) is 10.6. The van der Waals surface area contributed by atoms with Crippen molar-refractivity contribution in [2.24, 2.45) is 5.10 Å². The molecule has 0 aliphatic rings. The Bertz CT molecular complexity index is 480. The SMILES string of the molecule is CC(C)(C)OC(=O)N/N=C\[c-]1[c-][c-][c-][c-]1.[Fe].[c-]1[c-][c-][cH-][c-]1. The topological polar surface area (TPSA) is 50.7 Å². The summed E-state index contributed by atoms with van der Waals surface area (Å²) in [6.07, 6.45) is 0.787. The van der Waals surface area contributed by atoms with E-state index in [0.29, 0.717) is 5.56 Å². The van der Waals surface area contributed by atoms with Gasteiger partial charge < -0.3 is 76.2 Å². The van der Waals surface area contributed by atoms with E-state index in [1.54, 1.807) is 26.8 Å². The van der Waals surface area contributed by atoms with E-state index < -0.39 is 11.7 Å². The Hall–Kier alpha value is -1.84. The molecule has 2 aromatic carbocycles. The molecule has 0 radical (unpaired) electrons. The molecule has 0 spiro atoms. The average Bonchev–Trinajstić information content (AvgIpc) is 3.02. The fourth-order valence-corrected chi connectivity index (χ4v) is 0.924. The van der Waals surface area contributed by atoms with Crippen LogP contribution < -0.4 is 5.43 Å². The van der Waals surface area contributed by atoms with Crippen LogP contribution in [0.5, 0.6) is 0 Å². The zero-order valence-corrected chi connectivity index (χ0v) is 12.9. The van der Waals surface area contributed by atoms with Gasteiger partial charge in [0.05, 0.1) is 0 Å². The average molecular weight is 320 g/mol. The van der Waals surface area contributed by atoms with Gasteiger partial charge in [-0.05, 0) is 20.8 Å². The molecule has 0 saturated heterocycles. The van der Waals surface area contributed by atoms with Gasteiger partial charge in [-0.25, -0.2) is 10.2 Å².